The number of rotatable bonds is 5. The molecule has 0 atom stereocenters. The molecule has 2 aromatic rings. The van der Waals surface area contributed by atoms with Crippen molar-refractivity contribution in [2.45, 2.75) is 38.5 Å². The van der Waals surface area contributed by atoms with E-state index in [1.807, 2.05) is 19.1 Å². The van der Waals surface area contributed by atoms with Gasteiger partial charge in [0.2, 0.25) is 0 Å². The van der Waals surface area contributed by atoms with Crippen LogP contribution in [0.1, 0.15) is 35.8 Å². The molecule has 0 amide bonds. The van der Waals surface area contributed by atoms with Crippen LogP contribution in [0.3, 0.4) is 0 Å². The number of piperidine rings is 1. The van der Waals surface area contributed by atoms with Crippen molar-refractivity contribution in [3.63, 3.8) is 0 Å². The van der Waals surface area contributed by atoms with Crippen molar-refractivity contribution in [1.29, 1.82) is 0 Å². The molecule has 1 aliphatic heterocycles. The van der Waals surface area contributed by atoms with Crippen molar-refractivity contribution < 1.29 is 14.4 Å². The Hall–Kier alpha value is -1.83. The van der Waals surface area contributed by atoms with Gasteiger partial charge in [0.15, 0.2) is 5.82 Å². The van der Waals surface area contributed by atoms with Crippen molar-refractivity contribution in [1.82, 2.24) is 20.0 Å². The van der Waals surface area contributed by atoms with E-state index in [0.717, 1.165) is 24.3 Å². The molecule has 0 bridgehead atoms. The lowest BCUT2D eigenvalue weighted by molar-refractivity contribution is -0.0316. The molecule has 0 aliphatic carbocycles. The largest absolute Gasteiger partial charge is 0.383 e. The van der Waals surface area contributed by atoms with Crippen LogP contribution in [0, 0.1) is 6.92 Å². The minimum atomic E-state index is -0.845. The average Bonchev–Trinajstić information content (AvgIpc) is 2.98. The SMILES string of the molecule is COCc1nc(CN2CCC(O)(c3ccc(C)cn3)CC2)no1. The van der Waals surface area contributed by atoms with E-state index in [0.29, 0.717) is 37.7 Å². The standard InChI is InChI=1S/C16H22N4O3/c1-12-3-4-13(17-9-12)16(21)5-7-20(8-6-16)10-14-18-15(11-22-2)23-19-14/h3-4,9,21H,5-8,10-11H2,1-2H3. The Labute approximate surface area is 135 Å². The number of hydrogen-bond donors (Lipinski definition) is 1. The summed E-state index contributed by atoms with van der Waals surface area (Å²) >= 11 is 0. The second kappa shape index (κ2) is 6.74. The number of methoxy groups -OCH3 is 1. The van der Waals surface area contributed by atoms with Crippen LogP contribution in [0.15, 0.2) is 22.9 Å². The van der Waals surface area contributed by atoms with Crippen LogP contribution in [-0.4, -0.2) is 45.3 Å². The highest BCUT2D eigenvalue weighted by atomic mass is 16.5. The monoisotopic (exact) mass is 318 g/mol. The lowest BCUT2D eigenvalue weighted by Crippen LogP contribution is -2.42. The van der Waals surface area contributed by atoms with E-state index < -0.39 is 5.60 Å². The molecule has 124 valence electrons. The van der Waals surface area contributed by atoms with Crippen molar-refractivity contribution in [3.8, 4) is 0 Å². The summed E-state index contributed by atoms with van der Waals surface area (Å²) < 4.78 is 10.1. The Morgan fingerprint density at radius 1 is 1.35 bits per heavy atom. The Balaban J connectivity index is 1.58. The van der Waals surface area contributed by atoms with Gasteiger partial charge < -0.3 is 14.4 Å². The number of aromatic nitrogens is 3. The summed E-state index contributed by atoms with van der Waals surface area (Å²) in [5.41, 5.74) is 1.01. The zero-order valence-electron chi connectivity index (χ0n) is 13.5. The van der Waals surface area contributed by atoms with Crippen LogP contribution in [0.4, 0.5) is 0 Å². The molecule has 0 aromatic carbocycles. The predicted molar refractivity (Wildman–Crippen MR) is 82.4 cm³/mol. The Morgan fingerprint density at radius 3 is 2.78 bits per heavy atom. The third-order valence-corrected chi connectivity index (χ3v) is 4.21. The van der Waals surface area contributed by atoms with Gasteiger partial charge in [0, 0.05) is 26.4 Å². The molecular weight excluding hydrogens is 296 g/mol. The summed E-state index contributed by atoms with van der Waals surface area (Å²) in [6.07, 6.45) is 3.09. The minimum absolute atomic E-state index is 0.325. The number of aliphatic hydroxyl groups is 1. The Morgan fingerprint density at radius 2 is 2.13 bits per heavy atom. The highest BCUT2D eigenvalue weighted by Gasteiger charge is 2.35. The third kappa shape index (κ3) is 3.74. The Kier molecular flexibility index (Phi) is 4.70. The molecule has 1 fully saturated rings. The summed E-state index contributed by atoms with van der Waals surface area (Å²) in [5.74, 6) is 1.14. The first kappa shape index (κ1) is 16.0. The number of likely N-dealkylation sites (tertiary alicyclic amines) is 1. The van der Waals surface area contributed by atoms with E-state index in [4.69, 9.17) is 9.26 Å². The van der Waals surface area contributed by atoms with E-state index in [1.54, 1.807) is 13.3 Å². The summed E-state index contributed by atoms with van der Waals surface area (Å²) in [6, 6.07) is 3.91. The minimum Gasteiger partial charge on any atom is -0.383 e. The molecule has 0 spiro atoms. The van der Waals surface area contributed by atoms with Gasteiger partial charge in [-0.3, -0.25) is 9.88 Å². The van der Waals surface area contributed by atoms with Gasteiger partial charge in [0.25, 0.3) is 5.89 Å². The van der Waals surface area contributed by atoms with Gasteiger partial charge >= 0.3 is 0 Å². The zero-order chi connectivity index (χ0) is 16.3. The molecule has 0 saturated carbocycles. The first-order chi connectivity index (χ1) is 11.1. The average molecular weight is 318 g/mol. The first-order valence-corrected chi connectivity index (χ1v) is 7.77. The first-order valence-electron chi connectivity index (χ1n) is 7.77. The van der Waals surface area contributed by atoms with Crippen LogP contribution in [0.2, 0.25) is 0 Å². The van der Waals surface area contributed by atoms with Crippen LogP contribution in [-0.2, 0) is 23.5 Å². The maximum absolute atomic E-state index is 10.8. The van der Waals surface area contributed by atoms with Crippen molar-refractivity contribution in [2.75, 3.05) is 20.2 Å². The van der Waals surface area contributed by atoms with Gasteiger partial charge in [-0.2, -0.15) is 4.98 Å². The molecule has 3 heterocycles. The molecule has 7 nitrogen and oxygen atoms in total. The predicted octanol–water partition coefficient (Wildman–Crippen LogP) is 1.40. The summed E-state index contributed by atoms with van der Waals surface area (Å²) in [5, 5.41) is 14.8. The molecule has 3 rings (SSSR count). The molecule has 23 heavy (non-hydrogen) atoms. The fourth-order valence-electron chi connectivity index (χ4n) is 2.82. The number of ether oxygens (including phenoxy) is 1. The van der Waals surface area contributed by atoms with Gasteiger partial charge in [0.05, 0.1) is 12.2 Å². The van der Waals surface area contributed by atoms with E-state index >= 15 is 0 Å². The number of pyridine rings is 1. The molecule has 0 unspecified atom stereocenters. The molecule has 0 radical (unpaired) electrons. The van der Waals surface area contributed by atoms with Gasteiger partial charge in [-0.15, -0.1) is 0 Å². The molecule has 1 saturated heterocycles. The van der Waals surface area contributed by atoms with Gasteiger partial charge in [-0.1, -0.05) is 11.2 Å². The molecule has 2 aromatic heterocycles. The van der Waals surface area contributed by atoms with E-state index in [9.17, 15) is 5.11 Å². The van der Waals surface area contributed by atoms with Crippen LogP contribution in [0.5, 0.6) is 0 Å². The highest BCUT2D eigenvalue weighted by Crippen LogP contribution is 2.31. The van der Waals surface area contributed by atoms with Crippen molar-refractivity contribution in [2.24, 2.45) is 0 Å². The maximum Gasteiger partial charge on any atom is 0.252 e. The molecule has 7 heteroatoms. The molecule has 1 aliphatic rings. The normalized spacial score (nSPS) is 18.2. The molecule has 1 N–H and O–H groups in total. The van der Waals surface area contributed by atoms with Crippen LogP contribution < -0.4 is 0 Å². The fraction of sp³-hybridized carbons (Fsp3) is 0.562. The zero-order valence-corrected chi connectivity index (χ0v) is 13.5. The fourth-order valence-corrected chi connectivity index (χ4v) is 2.82. The molecular formula is C16H22N4O3. The lowest BCUT2D eigenvalue weighted by atomic mass is 9.87. The third-order valence-electron chi connectivity index (χ3n) is 4.21. The topological polar surface area (TPSA) is 84.5 Å². The number of nitrogens with zero attached hydrogens (tertiary/aromatic N) is 4. The van der Waals surface area contributed by atoms with Gasteiger partial charge in [-0.05, 0) is 31.4 Å². The number of hydrogen-bond acceptors (Lipinski definition) is 7. The lowest BCUT2D eigenvalue weighted by Gasteiger charge is -2.37. The van der Waals surface area contributed by atoms with E-state index in [-0.39, 0.29) is 0 Å². The maximum atomic E-state index is 10.8. The highest BCUT2D eigenvalue weighted by molar-refractivity contribution is 5.18. The van der Waals surface area contributed by atoms with Crippen LogP contribution in [0.25, 0.3) is 0 Å². The van der Waals surface area contributed by atoms with Crippen molar-refractivity contribution >= 4 is 0 Å². The summed E-state index contributed by atoms with van der Waals surface area (Å²) in [4.78, 5) is 10.9. The van der Waals surface area contributed by atoms with E-state index in [2.05, 4.69) is 20.0 Å². The quantitative estimate of drug-likeness (QED) is 0.892. The smallest absolute Gasteiger partial charge is 0.252 e. The summed E-state index contributed by atoms with van der Waals surface area (Å²) in [6.45, 7) is 4.46. The second-order valence-corrected chi connectivity index (χ2v) is 6.07. The van der Waals surface area contributed by atoms with Gasteiger partial charge in [0.1, 0.15) is 12.2 Å². The number of aryl methyl sites for hydroxylation is 1. The van der Waals surface area contributed by atoms with Crippen molar-refractivity contribution in [3.05, 3.63) is 41.3 Å². The second-order valence-electron chi connectivity index (χ2n) is 6.07. The van der Waals surface area contributed by atoms with E-state index in [1.165, 1.54) is 0 Å². The van der Waals surface area contributed by atoms with Crippen LogP contribution >= 0.6 is 0 Å². The Bertz CT molecular complexity index is 633. The van der Waals surface area contributed by atoms with Gasteiger partial charge in [-0.25, -0.2) is 0 Å². The summed E-state index contributed by atoms with van der Waals surface area (Å²) in [7, 11) is 1.59.